The van der Waals surface area contributed by atoms with Crippen LogP contribution in [0.5, 0.6) is 5.75 Å². The van der Waals surface area contributed by atoms with Gasteiger partial charge in [0.15, 0.2) is 6.20 Å². The Bertz CT molecular complexity index is 1130. The van der Waals surface area contributed by atoms with Crippen LogP contribution in [0.3, 0.4) is 0 Å². The molecule has 0 aliphatic rings. The molecular formula is C33H46ClN2O2S+. The van der Waals surface area contributed by atoms with Gasteiger partial charge in [0.25, 0.3) is 5.01 Å². The molecule has 39 heavy (non-hydrogen) atoms. The van der Waals surface area contributed by atoms with Crippen LogP contribution in [-0.2, 0) is 17.8 Å². The number of aromatic nitrogens is 1. The van der Waals surface area contributed by atoms with Gasteiger partial charge in [-0.1, -0.05) is 119 Å². The van der Waals surface area contributed by atoms with Gasteiger partial charge in [-0.2, -0.15) is 4.57 Å². The fraction of sp³-hybridized carbons (Fsp3) is 0.515. The number of nitrogens with one attached hydrogen (secondary N) is 1. The van der Waals surface area contributed by atoms with Gasteiger partial charge in [0.1, 0.15) is 12.3 Å². The fourth-order valence-corrected chi connectivity index (χ4v) is 6.04. The van der Waals surface area contributed by atoms with Crippen molar-refractivity contribution in [1.82, 2.24) is 0 Å². The first kappa shape index (κ1) is 31.2. The molecule has 0 aliphatic heterocycles. The zero-order valence-corrected chi connectivity index (χ0v) is 25.4. The lowest BCUT2D eigenvalue weighted by atomic mass is 10.1. The number of amides is 1. The number of aryl methyl sites for hydroxylation is 1. The smallest absolute Gasteiger partial charge is 0.269 e. The van der Waals surface area contributed by atoms with Gasteiger partial charge in [-0.05, 0) is 37.6 Å². The summed E-state index contributed by atoms with van der Waals surface area (Å²) >= 11 is 8.17. The first-order valence-corrected chi connectivity index (χ1v) is 16.2. The molecule has 0 radical (unpaired) electrons. The van der Waals surface area contributed by atoms with Crippen LogP contribution in [-0.4, -0.2) is 12.5 Å². The number of hydrogen-bond acceptors (Lipinski definition) is 3. The molecular weight excluding hydrogens is 524 g/mol. The number of thiazole rings is 1. The Labute approximate surface area is 244 Å². The average molecular weight is 570 g/mol. The molecule has 0 atom stereocenters. The van der Waals surface area contributed by atoms with Gasteiger partial charge in [-0.15, -0.1) is 0 Å². The average Bonchev–Trinajstić information content (AvgIpc) is 3.42. The summed E-state index contributed by atoms with van der Waals surface area (Å²) in [4.78, 5) is 12.9. The van der Waals surface area contributed by atoms with Crippen LogP contribution >= 0.6 is 22.9 Å². The lowest BCUT2D eigenvalue weighted by Crippen LogP contribution is -2.31. The summed E-state index contributed by atoms with van der Waals surface area (Å²) in [5.74, 6) is 0.549. The molecule has 0 unspecified atom stereocenters. The van der Waals surface area contributed by atoms with Crippen LogP contribution in [0.4, 0.5) is 5.69 Å². The molecule has 0 saturated heterocycles. The van der Waals surface area contributed by atoms with E-state index in [1.165, 1.54) is 69.2 Å². The third kappa shape index (κ3) is 11.0. The van der Waals surface area contributed by atoms with E-state index in [-0.39, 0.29) is 12.3 Å². The van der Waals surface area contributed by atoms with Crippen molar-refractivity contribution >= 4 is 34.5 Å². The van der Waals surface area contributed by atoms with Gasteiger partial charge in [0, 0.05) is 11.3 Å². The molecule has 1 amide bonds. The number of benzene rings is 2. The van der Waals surface area contributed by atoms with Crippen LogP contribution in [0.2, 0.25) is 5.02 Å². The van der Waals surface area contributed by atoms with Crippen molar-refractivity contribution in [2.45, 2.75) is 104 Å². The highest BCUT2D eigenvalue weighted by Crippen LogP contribution is 2.30. The largest absolute Gasteiger partial charge is 0.492 e. The molecule has 6 heteroatoms. The highest BCUT2D eigenvalue weighted by atomic mass is 35.5. The van der Waals surface area contributed by atoms with E-state index in [2.05, 4.69) is 41.4 Å². The molecule has 0 bridgehead atoms. The number of para-hydroxylation sites is 1. The fourth-order valence-electron chi connectivity index (χ4n) is 4.87. The summed E-state index contributed by atoms with van der Waals surface area (Å²) < 4.78 is 8.30. The second-order valence-corrected chi connectivity index (χ2v) is 11.6. The SMILES string of the molecule is CCCCCCCCCCCCCCOc1c(Cl)cccc1CC(=O)Nc1cccc(-c2scc[n+]2CC)c1. The first-order valence-electron chi connectivity index (χ1n) is 14.9. The predicted octanol–water partition coefficient (Wildman–Crippen LogP) is 9.64. The molecule has 4 nitrogen and oxygen atoms in total. The van der Waals surface area contributed by atoms with E-state index in [9.17, 15) is 4.79 Å². The maximum Gasteiger partial charge on any atom is 0.269 e. The summed E-state index contributed by atoms with van der Waals surface area (Å²) in [6.07, 6.45) is 18.0. The molecule has 3 aromatic rings. The van der Waals surface area contributed by atoms with Crippen molar-refractivity contribution in [3.8, 4) is 16.3 Å². The Morgan fingerprint density at radius 3 is 2.26 bits per heavy atom. The summed E-state index contributed by atoms with van der Waals surface area (Å²) in [6.45, 7) is 5.93. The molecule has 0 spiro atoms. The van der Waals surface area contributed by atoms with Gasteiger partial charge >= 0.3 is 0 Å². The van der Waals surface area contributed by atoms with E-state index in [0.29, 0.717) is 17.4 Å². The molecule has 2 aromatic carbocycles. The Morgan fingerprint density at radius 1 is 0.897 bits per heavy atom. The quantitative estimate of drug-likeness (QED) is 0.115. The minimum atomic E-state index is -0.0841. The monoisotopic (exact) mass is 569 g/mol. The third-order valence-corrected chi connectivity index (χ3v) is 8.31. The minimum Gasteiger partial charge on any atom is -0.492 e. The van der Waals surface area contributed by atoms with Crippen molar-refractivity contribution < 1.29 is 14.1 Å². The van der Waals surface area contributed by atoms with E-state index >= 15 is 0 Å². The topological polar surface area (TPSA) is 42.2 Å². The van der Waals surface area contributed by atoms with Crippen LogP contribution in [0.25, 0.3) is 10.6 Å². The molecule has 1 heterocycles. The van der Waals surface area contributed by atoms with Crippen LogP contribution in [0.15, 0.2) is 54.0 Å². The van der Waals surface area contributed by atoms with Gasteiger partial charge < -0.3 is 10.1 Å². The number of nitrogens with zero attached hydrogens (tertiary/aromatic N) is 1. The standard InChI is InChI=1S/C33H45ClN2O2S/c1-3-5-6-7-8-9-10-11-12-13-14-15-23-38-32-27(18-17-21-30(32)34)26-31(37)35-29-20-16-19-28(25-29)33-36(4-2)22-24-39-33/h16-22,24-25H,3-15,23,26H2,1-2H3/p+1. The van der Waals surface area contributed by atoms with Crippen LogP contribution in [0, 0.1) is 0 Å². The minimum absolute atomic E-state index is 0.0841. The second kappa shape index (κ2) is 18.1. The van der Waals surface area contributed by atoms with Crippen molar-refractivity contribution in [2.75, 3.05) is 11.9 Å². The van der Waals surface area contributed by atoms with Gasteiger partial charge in [0.05, 0.1) is 29.0 Å². The third-order valence-electron chi connectivity index (χ3n) is 7.06. The van der Waals surface area contributed by atoms with Gasteiger partial charge in [-0.3, -0.25) is 4.79 Å². The van der Waals surface area contributed by atoms with Crippen molar-refractivity contribution in [2.24, 2.45) is 0 Å². The number of carbonyl (C=O) groups excluding carboxylic acids is 1. The number of halogens is 1. The highest BCUT2D eigenvalue weighted by molar-refractivity contribution is 7.12. The second-order valence-electron chi connectivity index (χ2n) is 10.3. The molecule has 1 N–H and O–H groups in total. The lowest BCUT2D eigenvalue weighted by Gasteiger charge is -2.13. The van der Waals surface area contributed by atoms with Crippen LogP contribution < -0.4 is 14.6 Å². The Hall–Kier alpha value is -2.37. The molecule has 3 rings (SSSR count). The number of rotatable bonds is 19. The van der Waals surface area contributed by atoms with Gasteiger partial charge in [0.2, 0.25) is 5.91 Å². The maximum absolute atomic E-state index is 12.9. The van der Waals surface area contributed by atoms with Crippen molar-refractivity contribution in [1.29, 1.82) is 0 Å². The van der Waals surface area contributed by atoms with Crippen molar-refractivity contribution in [3.63, 3.8) is 0 Å². The molecule has 0 fully saturated rings. The van der Waals surface area contributed by atoms with E-state index in [1.54, 1.807) is 11.3 Å². The Kier molecular flexibility index (Phi) is 14.4. The van der Waals surface area contributed by atoms with Gasteiger partial charge in [-0.25, -0.2) is 0 Å². The molecule has 212 valence electrons. The normalized spacial score (nSPS) is 11.1. The Morgan fingerprint density at radius 2 is 1.56 bits per heavy atom. The number of hydrogen-bond donors (Lipinski definition) is 1. The Balaban J connectivity index is 1.40. The number of carbonyl (C=O) groups is 1. The lowest BCUT2D eigenvalue weighted by molar-refractivity contribution is -0.678. The summed E-state index contributed by atoms with van der Waals surface area (Å²) in [5, 5.41) is 6.87. The van der Waals surface area contributed by atoms with E-state index in [0.717, 1.165) is 36.2 Å². The van der Waals surface area contributed by atoms with E-state index in [1.807, 2.05) is 36.4 Å². The summed E-state index contributed by atoms with van der Waals surface area (Å²) in [6, 6.07) is 13.6. The van der Waals surface area contributed by atoms with E-state index in [4.69, 9.17) is 16.3 Å². The maximum atomic E-state index is 12.9. The molecule has 0 aliphatic carbocycles. The predicted molar refractivity (Wildman–Crippen MR) is 166 cm³/mol. The van der Waals surface area contributed by atoms with Crippen LogP contribution in [0.1, 0.15) is 96.5 Å². The number of anilines is 1. The molecule has 0 saturated carbocycles. The number of unbranched alkanes of at least 4 members (excludes halogenated alkanes) is 11. The number of ether oxygens (including phenoxy) is 1. The van der Waals surface area contributed by atoms with Crippen molar-refractivity contribution in [3.05, 3.63) is 64.6 Å². The first-order chi connectivity index (χ1) is 19.1. The van der Waals surface area contributed by atoms with E-state index < -0.39 is 0 Å². The summed E-state index contributed by atoms with van der Waals surface area (Å²) in [7, 11) is 0. The summed E-state index contributed by atoms with van der Waals surface area (Å²) in [5.41, 5.74) is 2.70. The molecule has 1 aromatic heterocycles. The highest BCUT2D eigenvalue weighted by Gasteiger charge is 2.16. The zero-order chi connectivity index (χ0) is 27.7. The zero-order valence-electron chi connectivity index (χ0n) is 23.9.